The number of benzene rings is 1. The smallest absolute Gasteiger partial charge is 0.239 e. The van der Waals surface area contributed by atoms with Crippen LogP contribution in [0.2, 0.25) is 0 Å². The number of amides is 1. The molecule has 1 heterocycles. The van der Waals surface area contributed by atoms with E-state index in [-0.39, 0.29) is 5.91 Å². The van der Waals surface area contributed by atoms with Gasteiger partial charge in [-0.15, -0.1) is 0 Å². The van der Waals surface area contributed by atoms with Gasteiger partial charge in [0.25, 0.3) is 0 Å². The minimum absolute atomic E-state index is 0.0320. The highest BCUT2D eigenvalue weighted by molar-refractivity contribution is 5.85. The van der Waals surface area contributed by atoms with Crippen LogP contribution >= 0.6 is 0 Å². The highest BCUT2D eigenvalue weighted by Gasteiger charge is 2.22. The molecule has 0 bridgehead atoms. The molecule has 0 fully saturated rings. The number of nitrogens with one attached hydrogen (secondary N) is 1. The van der Waals surface area contributed by atoms with Crippen molar-refractivity contribution >= 4 is 17.3 Å². The van der Waals surface area contributed by atoms with Gasteiger partial charge in [0.1, 0.15) is 18.0 Å². The first-order chi connectivity index (χ1) is 9.22. The van der Waals surface area contributed by atoms with Gasteiger partial charge in [-0.25, -0.2) is 0 Å². The lowest BCUT2D eigenvalue weighted by atomic mass is 10.2. The molecule has 5 heteroatoms. The lowest BCUT2D eigenvalue weighted by Crippen LogP contribution is -2.41. The summed E-state index contributed by atoms with van der Waals surface area (Å²) in [6.07, 6.45) is 2.08. The van der Waals surface area contributed by atoms with E-state index in [1.807, 2.05) is 23.1 Å². The molecular weight excluding hydrogens is 242 g/mol. The van der Waals surface area contributed by atoms with Gasteiger partial charge in [0.2, 0.25) is 5.91 Å². The van der Waals surface area contributed by atoms with Crippen molar-refractivity contribution in [2.45, 2.75) is 19.8 Å². The fourth-order valence-electron chi connectivity index (χ4n) is 2.16. The molecule has 104 valence electrons. The van der Waals surface area contributed by atoms with E-state index in [2.05, 4.69) is 12.2 Å². The number of nitrogen functional groups attached to an aromatic ring is 1. The molecule has 1 amide bonds. The number of unbranched alkanes of at least 4 members (excludes halogenated alkanes) is 1. The molecule has 0 aliphatic carbocycles. The summed E-state index contributed by atoms with van der Waals surface area (Å²) >= 11 is 0. The third kappa shape index (κ3) is 3.30. The second kappa shape index (κ2) is 6.31. The van der Waals surface area contributed by atoms with Crippen LogP contribution in [0.4, 0.5) is 11.4 Å². The molecule has 2 rings (SSSR count). The Hall–Kier alpha value is -1.91. The van der Waals surface area contributed by atoms with Crippen molar-refractivity contribution in [3.8, 4) is 5.75 Å². The third-order valence-electron chi connectivity index (χ3n) is 3.15. The molecule has 0 saturated heterocycles. The quantitative estimate of drug-likeness (QED) is 0.622. The number of ether oxygens (including phenoxy) is 1. The molecule has 0 radical (unpaired) electrons. The van der Waals surface area contributed by atoms with E-state index in [4.69, 9.17) is 10.5 Å². The predicted molar refractivity (Wildman–Crippen MR) is 76.5 cm³/mol. The number of rotatable bonds is 5. The molecule has 0 atom stereocenters. The zero-order valence-corrected chi connectivity index (χ0v) is 11.3. The first kappa shape index (κ1) is 13.5. The first-order valence-corrected chi connectivity index (χ1v) is 6.75. The number of nitrogens with two attached hydrogens (primary N) is 1. The largest absolute Gasteiger partial charge is 0.489 e. The highest BCUT2D eigenvalue weighted by atomic mass is 16.5. The number of carbonyl (C=O) groups is 1. The van der Waals surface area contributed by atoms with Gasteiger partial charge in [0.05, 0.1) is 18.8 Å². The van der Waals surface area contributed by atoms with Gasteiger partial charge in [0, 0.05) is 6.54 Å². The standard InChI is InChI=1S/C14H21N3O2/c1-2-3-7-16-13(18)10-17-8-9-19-12-6-4-5-11(15)14(12)17/h4-6H,2-3,7-10,15H2,1H3,(H,16,18). The number of hydrogen-bond acceptors (Lipinski definition) is 4. The molecular formula is C14H21N3O2. The Bertz CT molecular complexity index is 448. The van der Waals surface area contributed by atoms with E-state index in [0.717, 1.165) is 30.8 Å². The summed E-state index contributed by atoms with van der Waals surface area (Å²) in [5.74, 6) is 0.789. The van der Waals surface area contributed by atoms with E-state index in [1.165, 1.54) is 0 Å². The van der Waals surface area contributed by atoms with Gasteiger partial charge in [-0.2, -0.15) is 0 Å². The number of fused-ring (bicyclic) bond motifs is 1. The summed E-state index contributed by atoms with van der Waals surface area (Å²) in [5, 5.41) is 2.92. The van der Waals surface area contributed by atoms with Crippen LogP contribution < -0.4 is 20.7 Å². The Morgan fingerprint density at radius 3 is 3.16 bits per heavy atom. The van der Waals surface area contributed by atoms with E-state index in [9.17, 15) is 4.79 Å². The van der Waals surface area contributed by atoms with Crippen LogP contribution in [-0.4, -0.2) is 32.1 Å². The lowest BCUT2D eigenvalue weighted by Gasteiger charge is -2.31. The molecule has 1 aromatic rings. The molecule has 1 aromatic carbocycles. The molecule has 5 nitrogen and oxygen atoms in total. The minimum atomic E-state index is 0.0320. The van der Waals surface area contributed by atoms with Gasteiger partial charge >= 0.3 is 0 Å². The van der Waals surface area contributed by atoms with Crippen LogP contribution in [0.25, 0.3) is 0 Å². The maximum atomic E-state index is 11.9. The van der Waals surface area contributed by atoms with Crippen LogP contribution in [0.5, 0.6) is 5.75 Å². The number of para-hydroxylation sites is 1. The zero-order chi connectivity index (χ0) is 13.7. The van der Waals surface area contributed by atoms with E-state index < -0.39 is 0 Å². The van der Waals surface area contributed by atoms with E-state index in [0.29, 0.717) is 25.4 Å². The molecule has 1 aliphatic heterocycles. The molecule has 3 N–H and O–H groups in total. The van der Waals surface area contributed by atoms with Crippen molar-refractivity contribution in [3.63, 3.8) is 0 Å². The predicted octanol–water partition coefficient (Wildman–Crippen LogP) is 1.38. The minimum Gasteiger partial charge on any atom is -0.489 e. The fraction of sp³-hybridized carbons (Fsp3) is 0.500. The number of hydrogen-bond donors (Lipinski definition) is 2. The molecule has 19 heavy (non-hydrogen) atoms. The summed E-state index contributed by atoms with van der Waals surface area (Å²) in [5.41, 5.74) is 7.46. The normalized spacial score (nSPS) is 13.6. The summed E-state index contributed by atoms with van der Waals surface area (Å²) in [7, 11) is 0. The van der Waals surface area contributed by atoms with Crippen LogP contribution in [-0.2, 0) is 4.79 Å². The number of anilines is 2. The second-order valence-electron chi connectivity index (χ2n) is 4.67. The van der Waals surface area contributed by atoms with Crippen LogP contribution in [0.15, 0.2) is 18.2 Å². The van der Waals surface area contributed by atoms with Crippen LogP contribution in [0, 0.1) is 0 Å². The third-order valence-corrected chi connectivity index (χ3v) is 3.15. The molecule has 0 aromatic heterocycles. The Morgan fingerprint density at radius 1 is 1.53 bits per heavy atom. The number of carbonyl (C=O) groups excluding carboxylic acids is 1. The topological polar surface area (TPSA) is 67.6 Å². The Morgan fingerprint density at radius 2 is 2.37 bits per heavy atom. The average Bonchev–Trinajstić information content (AvgIpc) is 2.39. The molecule has 0 unspecified atom stereocenters. The first-order valence-electron chi connectivity index (χ1n) is 6.75. The Kier molecular flexibility index (Phi) is 4.49. The van der Waals surface area contributed by atoms with Crippen molar-refractivity contribution in [1.29, 1.82) is 0 Å². The van der Waals surface area contributed by atoms with Gasteiger partial charge in [-0.3, -0.25) is 4.79 Å². The molecule has 0 spiro atoms. The SMILES string of the molecule is CCCCNC(=O)CN1CCOc2cccc(N)c21. The maximum Gasteiger partial charge on any atom is 0.239 e. The Balaban J connectivity index is 2.01. The van der Waals surface area contributed by atoms with E-state index in [1.54, 1.807) is 0 Å². The maximum absolute atomic E-state index is 11.9. The van der Waals surface area contributed by atoms with Crippen LogP contribution in [0.3, 0.4) is 0 Å². The monoisotopic (exact) mass is 263 g/mol. The average molecular weight is 263 g/mol. The van der Waals surface area contributed by atoms with Crippen molar-refractivity contribution < 1.29 is 9.53 Å². The van der Waals surface area contributed by atoms with Gasteiger partial charge < -0.3 is 20.7 Å². The van der Waals surface area contributed by atoms with Crippen molar-refractivity contribution in [2.24, 2.45) is 0 Å². The van der Waals surface area contributed by atoms with Gasteiger partial charge in [-0.1, -0.05) is 19.4 Å². The fourth-order valence-corrected chi connectivity index (χ4v) is 2.16. The van der Waals surface area contributed by atoms with Crippen LogP contribution in [0.1, 0.15) is 19.8 Å². The highest BCUT2D eigenvalue weighted by Crippen LogP contribution is 2.36. The molecule has 0 saturated carbocycles. The lowest BCUT2D eigenvalue weighted by molar-refractivity contribution is -0.119. The van der Waals surface area contributed by atoms with E-state index >= 15 is 0 Å². The van der Waals surface area contributed by atoms with Gasteiger partial charge in [-0.05, 0) is 18.6 Å². The summed E-state index contributed by atoms with van der Waals surface area (Å²) in [6.45, 7) is 4.43. The van der Waals surface area contributed by atoms with Crippen molar-refractivity contribution in [2.75, 3.05) is 36.9 Å². The Labute approximate surface area is 113 Å². The number of nitrogens with zero attached hydrogens (tertiary/aromatic N) is 1. The second-order valence-corrected chi connectivity index (χ2v) is 4.67. The summed E-state index contributed by atoms with van der Waals surface area (Å²) < 4.78 is 5.56. The van der Waals surface area contributed by atoms with Gasteiger partial charge in [0.15, 0.2) is 0 Å². The summed E-state index contributed by atoms with van der Waals surface area (Å²) in [4.78, 5) is 13.9. The molecule has 1 aliphatic rings. The zero-order valence-electron chi connectivity index (χ0n) is 11.3. The van der Waals surface area contributed by atoms with Crippen molar-refractivity contribution in [1.82, 2.24) is 5.32 Å². The summed E-state index contributed by atoms with van der Waals surface area (Å²) in [6, 6.07) is 5.57. The van der Waals surface area contributed by atoms with Crippen molar-refractivity contribution in [3.05, 3.63) is 18.2 Å².